The Morgan fingerprint density at radius 1 is 1.18 bits per heavy atom. The predicted molar refractivity (Wildman–Crippen MR) is 89.4 cm³/mol. The number of rotatable bonds is 5. The maximum absolute atomic E-state index is 12.8. The molecule has 2 aromatic carbocycles. The Labute approximate surface area is 136 Å². The fourth-order valence-corrected chi connectivity index (χ4v) is 3.79. The van der Waals surface area contributed by atoms with Gasteiger partial charge >= 0.3 is 0 Å². The van der Waals surface area contributed by atoms with Gasteiger partial charge in [0.15, 0.2) is 0 Å². The van der Waals surface area contributed by atoms with Crippen LogP contribution in [0.2, 0.25) is 5.02 Å². The van der Waals surface area contributed by atoms with E-state index in [-0.39, 0.29) is 9.92 Å². The third-order valence-electron chi connectivity index (χ3n) is 3.49. The number of methoxy groups -OCH3 is 1. The Morgan fingerprint density at radius 2 is 1.86 bits per heavy atom. The molecule has 2 aromatic rings. The van der Waals surface area contributed by atoms with Crippen LogP contribution in [-0.4, -0.2) is 22.6 Å². The van der Waals surface area contributed by atoms with E-state index in [1.165, 1.54) is 23.5 Å². The number of ether oxygens (including phenoxy) is 1. The van der Waals surface area contributed by atoms with E-state index in [1.807, 2.05) is 25.1 Å². The molecule has 118 valence electrons. The molecule has 0 bridgehead atoms. The Hall–Kier alpha value is -1.72. The van der Waals surface area contributed by atoms with E-state index in [4.69, 9.17) is 16.3 Å². The molecule has 0 N–H and O–H groups in total. The molecule has 2 rings (SSSR count). The molecule has 0 aliphatic carbocycles. The van der Waals surface area contributed by atoms with Gasteiger partial charge in [-0.25, -0.2) is 8.42 Å². The molecule has 0 fully saturated rings. The summed E-state index contributed by atoms with van der Waals surface area (Å²) < 4.78 is 31.9. The minimum absolute atomic E-state index is 0.131. The average molecular weight is 340 g/mol. The van der Waals surface area contributed by atoms with Gasteiger partial charge < -0.3 is 4.74 Å². The molecule has 0 radical (unpaired) electrons. The van der Waals surface area contributed by atoms with Gasteiger partial charge in [-0.1, -0.05) is 36.7 Å². The van der Waals surface area contributed by atoms with Gasteiger partial charge in [0.1, 0.15) is 5.75 Å². The van der Waals surface area contributed by atoms with Gasteiger partial charge in [0.05, 0.1) is 22.7 Å². The lowest BCUT2D eigenvalue weighted by Crippen LogP contribution is -2.27. The molecule has 0 saturated carbocycles. The van der Waals surface area contributed by atoms with Crippen LogP contribution in [0.1, 0.15) is 12.5 Å². The maximum Gasteiger partial charge on any atom is 0.264 e. The van der Waals surface area contributed by atoms with Crippen molar-refractivity contribution in [3.05, 3.63) is 53.1 Å². The second-order valence-electron chi connectivity index (χ2n) is 4.75. The summed E-state index contributed by atoms with van der Waals surface area (Å²) in [6.07, 6.45) is 0.749. The monoisotopic (exact) mass is 339 g/mol. The SMILES string of the molecule is CCc1ccccc1N(C)S(=O)(=O)c1ccc(OC)c(Cl)c1. The number of para-hydroxylation sites is 1. The van der Waals surface area contributed by atoms with Crippen LogP contribution in [0, 0.1) is 0 Å². The number of anilines is 1. The largest absolute Gasteiger partial charge is 0.495 e. The second-order valence-corrected chi connectivity index (χ2v) is 7.13. The summed E-state index contributed by atoms with van der Waals surface area (Å²) in [4.78, 5) is 0.131. The number of aryl methyl sites for hydroxylation is 1. The fourth-order valence-electron chi connectivity index (χ4n) is 2.21. The smallest absolute Gasteiger partial charge is 0.264 e. The summed E-state index contributed by atoms with van der Waals surface area (Å²) >= 11 is 6.04. The number of benzene rings is 2. The first-order chi connectivity index (χ1) is 10.4. The molecule has 6 heteroatoms. The third kappa shape index (κ3) is 3.05. The zero-order valence-corrected chi connectivity index (χ0v) is 14.3. The number of sulfonamides is 1. The standard InChI is InChI=1S/C16H18ClNO3S/c1-4-12-7-5-6-8-15(12)18(2)22(19,20)13-9-10-16(21-3)14(17)11-13/h5-11H,4H2,1-3H3. The fraction of sp³-hybridized carbons (Fsp3) is 0.250. The van der Waals surface area contributed by atoms with Crippen LogP contribution >= 0.6 is 11.6 Å². The van der Waals surface area contributed by atoms with Crippen LogP contribution < -0.4 is 9.04 Å². The van der Waals surface area contributed by atoms with E-state index >= 15 is 0 Å². The Morgan fingerprint density at radius 3 is 2.45 bits per heavy atom. The summed E-state index contributed by atoms with van der Waals surface area (Å²) in [5.74, 6) is 0.442. The molecule has 0 amide bonds. The van der Waals surface area contributed by atoms with Crippen molar-refractivity contribution in [2.24, 2.45) is 0 Å². The minimum atomic E-state index is -3.68. The highest BCUT2D eigenvalue weighted by atomic mass is 35.5. The molecule has 0 saturated heterocycles. The van der Waals surface area contributed by atoms with Crippen LogP contribution in [0.5, 0.6) is 5.75 Å². The summed E-state index contributed by atoms with van der Waals surface area (Å²) in [5, 5.41) is 0.265. The zero-order valence-electron chi connectivity index (χ0n) is 12.7. The summed E-state index contributed by atoms with van der Waals surface area (Å²) in [5.41, 5.74) is 1.63. The molecule has 4 nitrogen and oxygen atoms in total. The van der Waals surface area contributed by atoms with Gasteiger partial charge in [-0.05, 0) is 36.2 Å². The van der Waals surface area contributed by atoms with Crippen molar-refractivity contribution in [2.45, 2.75) is 18.2 Å². The Balaban J connectivity index is 2.47. The highest BCUT2D eigenvalue weighted by Crippen LogP contribution is 2.30. The number of nitrogens with zero attached hydrogens (tertiary/aromatic N) is 1. The van der Waals surface area contributed by atoms with Crippen molar-refractivity contribution in [1.82, 2.24) is 0 Å². The predicted octanol–water partition coefficient (Wildman–Crippen LogP) is 3.74. The van der Waals surface area contributed by atoms with Crippen molar-refractivity contribution in [1.29, 1.82) is 0 Å². The first kappa shape index (κ1) is 16.6. The lowest BCUT2D eigenvalue weighted by atomic mass is 10.1. The van der Waals surface area contributed by atoms with Gasteiger partial charge in [-0.3, -0.25) is 4.31 Å². The molecule has 0 spiro atoms. The van der Waals surface area contributed by atoms with Crippen molar-refractivity contribution in [2.75, 3.05) is 18.5 Å². The van der Waals surface area contributed by atoms with Crippen molar-refractivity contribution >= 4 is 27.3 Å². The third-order valence-corrected chi connectivity index (χ3v) is 5.56. The van der Waals surface area contributed by atoms with E-state index in [0.29, 0.717) is 11.4 Å². The zero-order chi connectivity index (χ0) is 16.3. The molecule has 0 unspecified atom stereocenters. The molecular formula is C16H18ClNO3S. The first-order valence-corrected chi connectivity index (χ1v) is 8.64. The van der Waals surface area contributed by atoms with E-state index in [0.717, 1.165) is 12.0 Å². The summed E-state index contributed by atoms with van der Waals surface area (Å²) in [6.45, 7) is 1.99. The number of halogens is 1. The summed E-state index contributed by atoms with van der Waals surface area (Å²) in [7, 11) is -0.650. The summed E-state index contributed by atoms with van der Waals surface area (Å²) in [6, 6.07) is 11.9. The molecular weight excluding hydrogens is 322 g/mol. The molecule has 0 aromatic heterocycles. The molecule has 0 heterocycles. The lowest BCUT2D eigenvalue weighted by Gasteiger charge is -2.22. The van der Waals surface area contributed by atoms with Crippen molar-refractivity contribution < 1.29 is 13.2 Å². The van der Waals surface area contributed by atoms with Crippen LogP contribution in [-0.2, 0) is 16.4 Å². The topological polar surface area (TPSA) is 46.6 Å². The normalized spacial score (nSPS) is 11.3. The highest BCUT2D eigenvalue weighted by Gasteiger charge is 2.23. The molecule has 0 aliphatic heterocycles. The average Bonchev–Trinajstić information content (AvgIpc) is 2.53. The minimum Gasteiger partial charge on any atom is -0.495 e. The molecule has 22 heavy (non-hydrogen) atoms. The maximum atomic E-state index is 12.8. The van der Waals surface area contributed by atoms with E-state index in [2.05, 4.69) is 0 Å². The number of hydrogen-bond acceptors (Lipinski definition) is 3. The van der Waals surface area contributed by atoms with E-state index in [1.54, 1.807) is 19.2 Å². The molecule has 0 aliphatic rings. The van der Waals surface area contributed by atoms with Crippen LogP contribution in [0.25, 0.3) is 0 Å². The number of hydrogen-bond donors (Lipinski definition) is 0. The second kappa shape index (κ2) is 6.58. The highest BCUT2D eigenvalue weighted by molar-refractivity contribution is 7.92. The van der Waals surface area contributed by atoms with Gasteiger partial charge in [0.2, 0.25) is 0 Å². The van der Waals surface area contributed by atoms with Gasteiger partial charge in [0.25, 0.3) is 10.0 Å². The van der Waals surface area contributed by atoms with E-state index < -0.39 is 10.0 Å². The quantitative estimate of drug-likeness (QED) is 0.833. The van der Waals surface area contributed by atoms with Gasteiger partial charge in [-0.15, -0.1) is 0 Å². The molecule has 0 atom stereocenters. The van der Waals surface area contributed by atoms with Crippen LogP contribution in [0.15, 0.2) is 47.4 Å². The van der Waals surface area contributed by atoms with E-state index in [9.17, 15) is 8.42 Å². The van der Waals surface area contributed by atoms with Crippen LogP contribution in [0.3, 0.4) is 0 Å². The van der Waals surface area contributed by atoms with Crippen molar-refractivity contribution in [3.8, 4) is 5.75 Å². The van der Waals surface area contributed by atoms with Gasteiger partial charge in [0, 0.05) is 7.05 Å². The van der Waals surface area contributed by atoms with Gasteiger partial charge in [-0.2, -0.15) is 0 Å². The van der Waals surface area contributed by atoms with Crippen LogP contribution in [0.4, 0.5) is 5.69 Å². The van der Waals surface area contributed by atoms with Crippen molar-refractivity contribution in [3.63, 3.8) is 0 Å². The first-order valence-electron chi connectivity index (χ1n) is 6.82. The Bertz CT molecular complexity index is 775. The lowest BCUT2D eigenvalue weighted by molar-refractivity contribution is 0.414. The Kier molecular flexibility index (Phi) is 4.98.